The molecule has 0 aliphatic rings. The van der Waals surface area contributed by atoms with Crippen molar-refractivity contribution >= 4 is 66.1 Å². The quantitative estimate of drug-likeness (QED) is 0.514. The molecule has 0 saturated carbocycles. The molecule has 1 heterocycles. The standard InChI is InChI=1S/C8H2Br2Cl2N2/c9-3-5(11)6(12)4(10)8-7(3)13-1-2-14-8/h1-2H. The molecular formula is C8H2Br2Cl2N2. The summed E-state index contributed by atoms with van der Waals surface area (Å²) in [6, 6.07) is 0. The van der Waals surface area contributed by atoms with Crippen LogP contribution in [0.15, 0.2) is 21.3 Å². The van der Waals surface area contributed by atoms with Gasteiger partial charge in [-0.25, -0.2) is 0 Å². The van der Waals surface area contributed by atoms with Gasteiger partial charge in [-0.05, 0) is 31.9 Å². The van der Waals surface area contributed by atoms with Crippen molar-refractivity contribution in [3.05, 3.63) is 31.4 Å². The second-order valence-corrected chi connectivity index (χ2v) is 4.85. The SMILES string of the molecule is Clc1c(Cl)c(Br)c2nccnc2c1Br. The fraction of sp³-hybridized carbons (Fsp3) is 0. The molecule has 14 heavy (non-hydrogen) atoms. The van der Waals surface area contributed by atoms with E-state index in [-0.39, 0.29) is 0 Å². The summed E-state index contributed by atoms with van der Waals surface area (Å²) in [6.45, 7) is 0. The lowest BCUT2D eigenvalue weighted by atomic mass is 10.3. The first kappa shape index (κ1) is 10.6. The summed E-state index contributed by atoms with van der Waals surface area (Å²) >= 11 is 18.6. The zero-order chi connectivity index (χ0) is 10.3. The number of nitrogens with zero attached hydrogens (tertiary/aromatic N) is 2. The fourth-order valence-electron chi connectivity index (χ4n) is 1.06. The molecule has 0 N–H and O–H groups in total. The Labute approximate surface area is 107 Å². The summed E-state index contributed by atoms with van der Waals surface area (Å²) in [4.78, 5) is 8.32. The van der Waals surface area contributed by atoms with Crippen LogP contribution in [0.1, 0.15) is 0 Å². The highest BCUT2D eigenvalue weighted by Gasteiger charge is 2.15. The highest BCUT2D eigenvalue weighted by molar-refractivity contribution is 9.11. The molecule has 2 aromatic rings. The predicted molar refractivity (Wildman–Crippen MR) is 65.0 cm³/mol. The van der Waals surface area contributed by atoms with Gasteiger partial charge in [0.1, 0.15) is 11.0 Å². The highest BCUT2D eigenvalue weighted by atomic mass is 79.9. The van der Waals surface area contributed by atoms with E-state index in [4.69, 9.17) is 23.2 Å². The van der Waals surface area contributed by atoms with Crippen molar-refractivity contribution in [1.29, 1.82) is 0 Å². The van der Waals surface area contributed by atoms with Crippen molar-refractivity contribution in [3.63, 3.8) is 0 Å². The molecule has 2 nitrogen and oxygen atoms in total. The Balaban J connectivity index is 3.02. The lowest BCUT2D eigenvalue weighted by molar-refractivity contribution is 1.28. The third-order valence-electron chi connectivity index (χ3n) is 1.69. The third-order valence-corrected chi connectivity index (χ3v) is 4.55. The van der Waals surface area contributed by atoms with Gasteiger partial charge >= 0.3 is 0 Å². The van der Waals surface area contributed by atoms with Crippen LogP contribution in [-0.2, 0) is 0 Å². The van der Waals surface area contributed by atoms with Gasteiger partial charge in [0, 0.05) is 12.4 Å². The number of hydrogen-bond donors (Lipinski definition) is 0. The summed E-state index contributed by atoms with van der Waals surface area (Å²) in [6.07, 6.45) is 3.20. The lowest BCUT2D eigenvalue weighted by Crippen LogP contribution is -1.87. The molecule has 2 rings (SSSR count). The van der Waals surface area contributed by atoms with Gasteiger partial charge in [0.05, 0.1) is 19.0 Å². The number of benzene rings is 1. The fourth-order valence-corrected chi connectivity index (χ4v) is 2.63. The molecule has 0 bridgehead atoms. The number of aromatic nitrogens is 2. The van der Waals surface area contributed by atoms with E-state index >= 15 is 0 Å². The van der Waals surface area contributed by atoms with Crippen molar-refractivity contribution in [3.8, 4) is 0 Å². The van der Waals surface area contributed by atoms with Gasteiger partial charge in [0.25, 0.3) is 0 Å². The molecular weight excluding hydrogens is 355 g/mol. The minimum atomic E-state index is 0.437. The zero-order valence-corrected chi connectivity index (χ0v) is 11.2. The van der Waals surface area contributed by atoms with Crippen LogP contribution in [0.3, 0.4) is 0 Å². The minimum Gasteiger partial charge on any atom is -0.252 e. The van der Waals surface area contributed by atoms with Crippen LogP contribution in [0.5, 0.6) is 0 Å². The van der Waals surface area contributed by atoms with E-state index in [0.29, 0.717) is 30.0 Å². The van der Waals surface area contributed by atoms with Crippen molar-refractivity contribution < 1.29 is 0 Å². The summed E-state index contributed by atoms with van der Waals surface area (Å²) in [5, 5.41) is 0.873. The normalized spacial score (nSPS) is 10.9. The smallest absolute Gasteiger partial charge is 0.106 e. The van der Waals surface area contributed by atoms with E-state index in [1.165, 1.54) is 0 Å². The first-order valence-electron chi connectivity index (χ1n) is 3.55. The molecule has 0 amide bonds. The zero-order valence-electron chi connectivity index (χ0n) is 6.56. The van der Waals surface area contributed by atoms with E-state index in [1.54, 1.807) is 12.4 Å². The summed E-state index contributed by atoms with van der Waals surface area (Å²) < 4.78 is 1.32. The lowest BCUT2D eigenvalue weighted by Gasteiger charge is -2.06. The number of rotatable bonds is 0. The first-order chi connectivity index (χ1) is 6.63. The minimum absolute atomic E-state index is 0.437. The monoisotopic (exact) mass is 354 g/mol. The van der Waals surface area contributed by atoms with Crippen molar-refractivity contribution in [2.75, 3.05) is 0 Å². The largest absolute Gasteiger partial charge is 0.252 e. The van der Waals surface area contributed by atoms with Crippen LogP contribution in [0, 0.1) is 0 Å². The Bertz CT molecular complexity index is 470. The second kappa shape index (κ2) is 3.93. The molecule has 0 saturated heterocycles. The van der Waals surface area contributed by atoms with Gasteiger partial charge in [-0.1, -0.05) is 23.2 Å². The Kier molecular flexibility index (Phi) is 2.98. The second-order valence-electron chi connectivity index (χ2n) is 2.51. The molecule has 72 valence electrons. The van der Waals surface area contributed by atoms with E-state index < -0.39 is 0 Å². The molecule has 1 aromatic carbocycles. The van der Waals surface area contributed by atoms with Gasteiger partial charge < -0.3 is 0 Å². The summed E-state index contributed by atoms with van der Waals surface area (Å²) in [5.41, 5.74) is 1.38. The van der Waals surface area contributed by atoms with Crippen molar-refractivity contribution in [2.24, 2.45) is 0 Å². The molecule has 1 aromatic heterocycles. The molecule has 0 atom stereocenters. The van der Waals surface area contributed by atoms with Crippen LogP contribution in [0.25, 0.3) is 11.0 Å². The molecule has 0 unspecified atom stereocenters. The van der Waals surface area contributed by atoms with E-state index in [0.717, 1.165) is 0 Å². The Morgan fingerprint density at radius 3 is 1.57 bits per heavy atom. The van der Waals surface area contributed by atoms with Gasteiger partial charge in [0.15, 0.2) is 0 Å². The topological polar surface area (TPSA) is 25.8 Å². The molecule has 0 aliphatic carbocycles. The molecule has 0 fully saturated rings. The van der Waals surface area contributed by atoms with Gasteiger partial charge in [0.2, 0.25) is 0 Å². The van der Waals surface area contributed by atoms with Crippen molar-refractivity contribution in [2.45, 2.75) is 0 Å². The Morgan fingerprint density at radius 2 is 1.21 bits per heavy atom. The molecule has 0 aliphatic heterocycles. The maximum Gasteiger partial charge on any atom is 0.106 e. The van der Waals surface area contributed by atoms with E-state index in [1.807, 2.05) is 0 Å². The molecule has 0 spiro atoms. The number of fused-ring (bicyclic) bond motifs is 1. The van der Waals surface area contributed by atoms with Crippen LogP contribution in [-0.4, -0.2) is 9.97 Å². The average Bonchev–Trinajstić information content (AvgIpc) is 2.23. The van der Waals surface area contributed by atoms with Crippen LogP contribution < -0.4 is 0 Å². The van der Waals surface area contributed by atoms with Crippen LogP contribution in [0.4, 0.5) is 0 Å². The maximum absolute atomic E-state index is 5.99. The molecule has 0 radical (unpaired) electrons. The van der Waals surface area contributed by atoms with Gasteiger partial charge in [-0.15, -0.1) is 0 Å². The predicted octanol–water partition coefficient (Wildman–Crippen LogP) is 4.46. The van der Waals surface area contributed by atoms with Crippen LogP contribution >= 0.6 is 55.1 Å². The highest BCUT2D eigenvalue weighted by Crippen LogP contribution is 2.41. The van der Waals surface area contributed by atoms with E-state index in [2.05, 4.69) is 41.8 Å². The first-order valence-corrected chi connectivity index (χ1v) is 5.89. The molecule has 6 heteroatoms. The van der Waals surface area contributed by atoms with E-state index in [9.17, 15) is 0 Å². The van der Waals surface area contributed by atoms with Crippen molar-refractivity contribution in [1.82, 2.24) is 9.97 Å². The van der Waals surface area contributed by atoms with Gasteiger partial charge in [-0.3, -0.25) is 9.97 Å². The number of halogens is 4. The Morgan fingerprint density at radius 1 is 0.857 bits per heavy atom. The summed E-state index contributed by atoms with van der Waals surface area (Å²) in [7, 11) is 0. The average molecular weight is 357 g/mol. The number of hydrogen-bond acceptors (Lipinski definition) is 2. The Hall–Kier alpha value is 0.1000. The summed E-state index contributed by atoms with van der Waals surface area (Å²) in [5.74, 6) is 0. The third kappa shape index (κ3) is 1.54. The van der Waals surface area contributed by atoms with Crippen LogP contribution in [0.2, 0.25) is 10.0 Å². The maximum atomic E-state index is 5.99. The van der Waals surface area contributed by atoms with Gasteiger partial charge in [-0.2, -0.15) is 0 Å².